The number of hydrogen-bond donors (Lipinski definition) is 2. The number of carboxylic acid groups (broad SMARTS) is 2. The van der Waals surface area contributed by atoms with E-state index in [0.717, 1.165) is 12.8 Å². The Balaban J connectivity index is 2.15. The van der Waals surface area contributed by atoms with Crippen LogP contribution in [0.4, 0.5) is 9.59 Å². The molecule has 0 spiro atoms. The molecular formula is C9H14N2O4. The van der Waals surface area contributed by atoms with E-state index in [9.17, 15) is 9.59 Å². The molecule has 0 aliphatic carbocycles. The molecule has 84 valence electrons. The second-order valence-electron chi connectivity index (χ2n) is 4.22. The largest absolute Gasteiger partial charge is 0.465 e. The Morgan fingerprint density at radius 3 is 2.33 bits per heavy atom. The van der Waals surface area contributed by atoms with Gasteiger partial charge in [0.25, 0.3) is 0 Å². The number of nitrogens with zero attached hydrogens (tertiary/aromatic N) is 2. The molecule has 2 amide bonds. The van der Waals surface area contributed by atoms with Crippen molar-refractivity contribution in [1.82, 2.24) is 9.80 Å². The van der Waals surface area contributed by atoms with Gasteiger partial charge < -0.3 is 20.0 Å². The van der Waals surface area contributed by atoms with E-state index >= 15 is 0 Å². The first kappa shape index (κ1) is 10.1. The van der Waals surface area contributed by atoms with E-state index in [1.807, 2.05) is 0 Å². The molecule has 3 aliphatic heterocycles. The lowest BCUT2D eigenvalue weighted by atomic mass is 9.95. The van der Waals surface area contributed by atoms with Crippen LogP contribution in [0.1, 0.15) is 12.8 Å². The zero-order valence-corrected chi connectivity index (χ0v) is 8.30. The second kappa shape index (κ2) is 3.60. The standard InChI is InChI=1S/C9H14N2O4/c12-8(13)10-3-6-1-2-7(5-10)11(4-6)9(14)15/h6-7H,1-5H2,(H,12,13)(H,14,15)/t6-,7+/m0/s1. The Hall–Kier alpha value is -1.46. The van der Waals surface area contributed by atoms with Gasteiger partial charge in [-0.15, -0.1) is 0 Å². The maximum Gasteiger partial charge on any atom is 0.407 e. The predicted octanol–water partition coefficient (Wildman–Crippen LogP) is 0.739. The van der Waals surface area contributed by atoms with Crippen molar-refractivity contribution < 1.29 is 19.8 Å². The Bertz CT molecular complexity index is 292. The molecule has 3 heterocycles. The minimum atomic E-state index is -0.945. The van der Waals surface area contributed by atoms with Crippen molar-refractivity contribution in [1.29, 1.82) is 0 Å². The quantitative estimate of drug-likeness (QED) is 0.623. The van der Waals surface area contributed by atoms with Crippen LogP contribution in [0.15, 0.2) is 0 Å². The topological polar surface area (TPSA) is 81.1 Å². The Morgan fingerprint density at radius 1 is 1.00 bits per heavy atom. The molecule has 3 aliphatic rings. The summed E-state index contributed by atoms with van der Waals surface area (Å²) in [5.74, 6) is 0.163. The fourth-order valence-corrected chi connectivity index (χ4v) is 2.47. The van der Waals surface area contributed by atoms with Crippen LogP contribution in [-0.2, 0) is 0 Å². The van der Waals surface area contributed by atoms with E-state index in [2.05, 4.69) is 0 Å². The molecule has 3 saturated heterocycles. The molecule has 0 radical (unpaired) electrons. The first-order valence-corrected chi connectivity index (χ1v) is 5.05. The van der Waals surface area contributed by atoms with Crippen LogP contribution in [-0.4, -0.2) is 57.9 Å². The van der Waals surface area contributed by atoms with Crippen LogP contribution >= 0.6 is 0 Å². The van der Waals surface area contributed by atoms with Gasteiger partial charge in [0.05, 0.1) is 6.04 Å². The lowest BCUT2D eigenvalue weighted by Crippen LogP contribution is -2.47. The van der Waals surface area contributed by atoms with Gasteiger partial charge in [-0.05, 0) is 18.8 Å². The molecule has 3 rings (SSSR count). The molecule has 3 fully saturated rings. The molecule has 0 aromatic rings. The molecule has 6 nitrogen and oxygen atoms in total. The summed E-state index contributed by atoms with van der Waals surface area (Å²) in [6.07, 6.45) is -0.171. The Labute approximate surface area is 87.1 Å². The minimum absolute atomic E-state index is 0.155. The van der Waals surface area contributed by atoms with Crippen LogP contribution in [0.5, 0.6) is 0 Å². The fraction of sp³-hybridized carbons (Fsp3) is 0.778. The van der Waals surface area contributed by atoms with Crippen LogP contribution in [0.2, 0.25) is 0 Å². The van der Waals surface area contributed by atoms with Crippen LogP contribution in [0.25, 0.3) is 0 Å². The molecule has 6 heteroatoms. The monoisotopic (exact) mass is 214 g/mol. The van der Waals surface area contributed by atoms with E-state index < -0.39 is 12.2 Å². The summed E-state index contributed by atoms with van der Waals surface area (Å²) in [6.45, 7) is 1.26. The van der Waals surface area contributed by atoms with Crippen molar-refractivity contribution in [3.63, 3.8) is 0 Å². The van der Waals surface area contributed by atoms with E-state index in [1.54, 1.807) is 0 Å². The number of carbonyl (C=O) groups is 2. The van der Waals surface area contributed by atoms with E-state index in [4.69, 9.17) is 10.2 Å². The molecular weight excluding hydrogens is 200 g/mol. The van der Waals surface area contributed by atoms with Crippen molar-refractivity contribution in [3.05, 3.63) is 0 Å². The third kappa shape index (κ3) is 1.84. The highest BCUT2D eigenvalue weighted by Gasteiger charge is 2.38. The highest BCUT2D eigenvalue weighted by atomic mass is 16.4. The summed E-state index contributed by atoms with van der Waals surface area (Å²) in [6, 6.07) is -0.155. The van der Waals surface area contributed by atoms with Gasteiger partial charge in [0, 0.05) is 19.6 Å². The summed E-state index contributed by atoms with van der Waals surface area (Å²) in [5.41, 5.74) is 0. The molecule has 2 bridgehead atoms. The molecule has 0 aromatic heterocycles. The van der Waals surface area contributed by atoms with Crippen LogP contribution in [0.3, 0.4) is 0 Å². The third-order valence-corrected chi connectivity index (χ3v) is 3.23. The SMILES string of the molecule is O=C(O)N1C[C@@H]2CC[C@H](C1)N(C(=O)O)C2. The normalized spacial score (nSPS) is 30.1. The highest BCUT2D eigenvalue weighted by molar-refractivity contribution is 5.67. The summed E-state index contributed by atoms with van der Waals surface area (Å²) in [5, 5.41) is 17.9. The van der Waals surface area contributed by atoms with Crippen molar-refractivity contribution in [2.75, 3.05) is 19.6 Å². The van der Waals surface area contributed by atoms with Crippen molar-refractivity contribution >= 4 is 12.2 Å². The van der Waals surface area contributed by atoms with Crippen molar-refractivity contribution in [3.8, 4) is 0 Å². The Morgan fingerprint density at radius 2 is 1.73 bits per heavy atom. The van der Waals surface area contributed by atoms with Gasteiger partial charge in [0.15, 0.2) is 0 Å². The maximum absolute atomic E-state index is 10.9. The maximum atomic E-state index is 10.9. The van der Waals surface area contributed by atoms with Gasteiger partial charge in [0.1, 0.15) is 0 Å². The molecule has 2 N–H and O–H groups in total. The number of hydrogen-bond acceptors (Lipinski definition) is 2. The summed E-state index contributed by atoms with van der Waals surface area (Å²) in [4.78, 5) is 24.5. The first-order chi connectivity index (χ1) is 7.08. The Kier molecular flexibility index (Phi) is 2.42. The molecule has 15 heavy (non-hydrogen) atoms. The average molecular weight is 214 g/mol. The van der Waals surface area contributed by atoms with Gasteiger partial charge >= 0.3 is 12.2 Å². The smallest absolute Gasteiger partial charge is 0.407 e. The zero-order valence-electron chi connectivity index (χ0n) is 8.30. The number of rotatable bonds is 0. The average Bonchev–Trinajstić information content (AvgIpc) is 2.47. The lowest BCUT2D eigenvalue weighted by Gasteiger charge is -2.33. The van der Waals surface area contributed by atoms with E-state index in [1.165, 1.54) is 9.80 Å². The summed E-state index contributed by atoms with van der Waals surface area (Å²) in [7, 11) is 0. The van der Waals surface area contributed by atoms with Gasteiger partial charge in [0.2, 0.25) is 0 Å². The number of fused-ring (bicyclic) bond motifs is 4. The van der Waals surface area contributed by atoms with Crippen molar-refractivity contribution in [2.45, 2.75) is 18.9 Å². The van der Waals surface area contributed by atoms with Gasteiger partial charge in [-0.2, -0.15) is 0 Å². The van der Waals surface area contributed by atoms with E-state index in [0.29, 0.717) is 19.6 Å². The van der Waals surface area contributed by atoms with Crippen LogP contribution in [0, 0.1) is 5.92 Å². The van der Waals surface area contributed by atoms with Gasteiger partial charge in [-0.25, -0.2) is 9.59 Å². The van der Waals surface area contributed by atoms with Gasteiger partial charge in [-0.1, -0.05) is 0 Å². The predicted molar refractivity (Wildman–Crippen MR) is 50.8 cm³/mol. The molecule has 2 atom stereocenters. The van der Waals surface area contributed by atoms with Crippen molar-refractivity contribution in [2.24, 2.45) is 5.92 Å². The molecule has 0 unspecified atom stereocenters. The minimum Gasteiger partial charge on any atom is -0.465 e. The third-order valence-electron chi connectivity index (χ3n) is 3.23. The van der Waals surface area contributed by atoms with Gasteiger partial charge in [-0.3, -0.25) is 0 Å². The molecule has 0 aromatic carbocycles. The fourth-order valence-electron chi connectivity index (χ4n) is 2.47. The van der Waals surface area contributed by atoms with E-state index in [-0.39, 0.29) is 12.0 Å². The number of piperidine rings is 1. The number of amides is 2. The first-order valence-electron chi connectivity index (χ1n) is 5.05. The zero-order chi connectivity index (χ0) is 11.0. The second-order valence-corrected chi connectivity index (χ2v) is 4.22. The summed E-state index contributed by atoms with van der Waals surface area (Å²) < 4.78 is 0. The van der Waals surface area contributed by atoms with Crippen LogP contribution < -0.4 is 0 Å². The molecule has 0 saturated carbocycles. The highest BCUT2D eigenvalue weighted by Crippen LogP contribution is 2.27. The summed E-state index contributed by atoms with van der Waals surface area (Å²) >= 11 is 0. The lowest BCUT2D eigenvalue weighted by molar-refractivity contribution is 0.0981.